The van der Waals surface area contributed by atoms with E-state index in [1.54, 1.807) is 13.8 Å². The summed E-state index contributed by atoms with van der Waals surface area (Å²) in [6.45, 7) is 24.1. The highest BCUT2D eigenvalue weighted by atomic mass is 16.5. The summed E-state index contributed by atoms with van der Waals surface area (Å²) in [5.74, 6) is -0.0883. The minimum atomic E-state index is -1.17. The average molecular weight is 817 g/mol. The van der Waals surface area contributed by atoms with Gasteiger partial charge < -0.3 is 19.5 Å². The van der Waals surface area contributed by atoms with Crippen molar-refractivity contribution >= 4 is 23.7 Å². The second-order valence-electron chi connectivity index (χ2n) is 21.8. The Labute approximate surface area is 355 Å². The van der Waals surface area contributed by atoms with Gasteiger partial charge in [-0.25, -0.2) is 0 Å². The molecule has 0 spiro atoms. The molecule has 1 aromatic carbocycles. The molecule has 10 atom stereocenters. The zero-order valence-electron chi connectivity index (χ0n) is 38.5. The standard InChI is InChI=1S/C50H76N2O7/c1-31(2)43-38(54)27-50(41(58-34(5)53)30-52(26-25-51(11)12)29-35-16-14-13-15-32(35)3)24-23-48(9)37(44(43)50)17-18-40-47(8)21-20-39(33(4)36(47)19-22-49(40,48)10)59-42(55)28-46(6,7)45(56)57/h13-16,31,33,36-37,39-41H,17-30H2,1-12H3,(H,56,57)/t33-,36+,37-,39+,40-,41+,47+,48-,49-,50+/m1/s1. The molecule has 0 radical (unpaired) electrons. The van der Waals surface area contributed by atoms with Crippen LogP contribution in [-0.4, -0.2) is 84.5 Å². The summed E-state index contributed by atoms with van der Waals surface area (Å²) in [4.78, 5) is 57.3. The number of ketones is 1. The molecular weight excluding hydrogens is 741 g/mol. The molecule has 1 aromatic rings. The van der Waals surface area contributed by atoms with Crippen molar-refractivity contribution in [3.8, 4) is 0 Å². The third-order valence-electron chi connectivity index (χ3n) is 17.3. The number of carboxylic acids is 1. The number of likely N-dealkylation sites (N-methyl/N-ethyl adjacent to an activating group) is 1. The van der Waals surface area contributed by atoms with Gasteiger partial charge in [0.05, 0.1) is 11.8 Å². The summed E-state index contributed by atoms with van der Waals surface area (Å²) in [6.07, 6.45) is 7.42. The fourth-order valence-corrected chi connectivity index (χ4v) is 13.8. The molecule has 6 rings (SSSR count). The summed E-state index contributed by atoms with van der Waals surface area (Å²) in [5.41, 5.74) is 3.18. The lowest BCUT2D eigenvalue weighted by Gasteiger charge is -2.71. The molecular formula is C50H76N2O7. The summed E-state index contributed by atoms with van der Waals surface area (Å²) in [7, 11) is 4.19. The van der Waals surface area contributed by atoms with Crippen molar-refractivity contribution in [3.05, 3.63) is 46.5 Å². The highest BCUT2D eigenvalue weighted by molar-refractivity contribution is 6.01. The van der Waals surface area contributed by atoms with Crippen molar-refractivity contribution < 1.29 is 33.8 Å². The monoisotopic (exact) mass is 817 g/mol. The fourth-order valence-electron chi connectivity index (χ4n) is 13.8. The van der Waals surface area contributed by atoms with Gasteiger partial charge in [-0.05, 0) is 154 Å². The van der Waals surface area contributed by atoms with Crippen LogP contribution >= 0.6 is 0 Å². The second-order valence-corrected chi connectivity index (χ2v) is 21.8. The quantitative estimate of drug-likeness (QED) is 0.184. The molecule has 328 valence electrons. The second kappa shape index (κ2) is 16.7. The van der Waals surface area contributed by atoms with E-state index in [2.05, 4.69) is 96.6 Å². The van der Waals surface area contributed by atoms with Crippen molar-refractivity contribution in [2.45, 2.75) is 152 Å². The van der Waals surface area contributed by atoms with E-state index in [0.717, 1.165) is 76.6 Å². The van der Waals surface area contributed by atoms with Crippen LogP contribution in [0.4, 0.5) is 0 Å². The Morgan fingerprint density at radius 1 is 0.949 bits per heavy atom. The number of hydrogen-bond acceptors (Lipinski definition) is 8. The number of carbonyl (C=O) groups is 4. The first-order chi connectivity index (χ1) is 27.5. The van der Waals surface area contributed by atoms with Gasteiger partial charge in [-0.3, -0.25) is 24.1 Å². The van der Waals surface area contributed by atoms with Crippen LogP contribution in [0.2, 0.25) is 0 Å². The van der Waals surface area contributed by atoms with Gasteiger partial charge in [-0.2, -0.15) is 0 Å². The molecule has 0 aliphatic heterocycles. The van der Waals surface area contributed by atoms with Crippen molar-refractivity contribution in [2.75, 3.05) is 33.7 Å². The van der Waals surface area contributed by atoms with Crippen LogP contribution in [0.25, 0.3) is 0 Å². The number of aryl methyl sites for hydroxylation is 1. The summed E-state index contributed by atoms with van der Waals surface area (Å²) in [6, 6.07) is 8.53. The van der Waals surface area contributed by atoms with E-state index in [4.69, 9.17) is 9.47 Å². The highest BCUT2D eigenvalue weighted by Gasteiger charge is 2.70. The average Bonchev–Trinajstić information content (AvgIpc) is 3.45. The Hall–Kier alpha value is -3.04. The van der Waals surface area contributed by atoms with Gasteiger partial charge in [0, 0.05) is 44.9 Å². The van der Waals surface area contributed by atoms with E-state index in [-0.39, 0.29) is 58.3 Å². The molecule has 0 bridgehead atoms. The first kappa shape index (κ1) is 45.5. The third kappa shape index (κ3) is 8.10. The Kier molecular flexibility index (Phi) is 12.9. The number of nitrogens with zero attached hydrogens (tertiary/aromatic N) is 2. The maximum absolute atomic E-state index is 14.6. The van der Waals surface area contributed by atoms with Crippen LogP contribution in [0.5, 0.6) is 0 Å². The fraction of sp³-hybridized carbons (Fsp3) is 0.760. The van der Waals surface area contributed by atoms with E-state index in [1.807, 2.05) is 0 Å². The molecule has 4 saturated carbocycles. The molecule has 0 unspecified atom stereocenters. The van der Waals surface area contributed by atoms with Crippen LogP contribution in [0.1, 0.15) is 138 Å². The zero-order chi connectivity index (χ0) is 43.5. The lowest BCUT2D eigenvalue weighted by Crippen LogP contribution is -2.65. The van der Waals surface area contributed by atoms with E-state index in [1.165, 1.54) is 23.6 Å². The van der Waals surface area contributed by atoms with E-state index < -0.39 is 28.9 Å². The molecule has 59 heavy (non-hydrogen) atoms. The Morgan fingerprint density at radius 3 is 2.27 bits per heavy atom. The highest BCUT2D eigenvalue weighted by Crippen LogP contribution is 2.76. The van der Waals surface area contributed by atoms with E-state index in [0.29, 0.717) is 24.8 Å². The number of carboxylic acid groups (broad SMARTS) is 1. The first-order valence-corrected chi connectivity index (χ1v) is 22.8. The largest absolute Gasteiger partial charge is 0.481 e. The van der Waals surface area contributed by atoms with Crippen molar-refractivity contribution in [2.24, 2.45) is 56.7 Å². The predicted molar refractivity (Wildman–Crippen MR) is 231 cm³/mol. The van der Waals surface area contributed by atoms with Crippen LogP contribution in [0, 0.1) is 63.6 Å². The maximum atomic E-state index is 14.6. The lowest BCUT2D eigenvalue weighted by molar-refractivity contribution is -0.219. The number of fused-ring (bicyclic) bond motifs is 7. The molecule has 9 heteroatoms. The molecule has 5 aliphatic carbocycles. The Bertz CT molecular complexity index is 1820. The molecule has 0 heterocycles. The molecule has 0 saturated heterocycles. The van der Waals surface area contributed by atoms with Crippen LogP contribution in [-0.2, 0) is 35.2 Å². The molecule has 0 aromatic heterocycles. The van der Waals surface area contributed by atoms with E-state index >= 15 is 0 Å². The topological polar surface area (TPSA) is 113 Å². The van der Waals surface area contributed by atoms with Crippen LogP contribution < -0.4 is 0 Å². The number of allylic oxidation sites excluding steroid dienone is 1. The van der Waals surface area contributed by atoms with Crippen molar-refractivity contribution in [1.29, 1.82) is 0 Å². The zero-order valence-corrected chi connectivity index (χ0v) is 38.5. The number of hydrogen-bond donors (Lipinski definition) is 1. The number of carbonyl (C=O) groups excluding carboxylic acids is 3. The summed E-state index contributed by atoms with van der Waals surface area (Å²) < 4.78 is 12.7. The maximum Gasteiger partial charge on any atom is 0.309 e. The Balaban J connectivity index is 1.32. The number of benzene rings is 1. The predicted octanol–water partition coefficient (Wildman–Crippen LogP) is 9.29. The van der Waals surface area contributed by atoms with Crippen LogP contribution in [0.3, 0.4) is 0 Å². The number of rotatable bonds is 14. The van der Waals surface area contributed by atoms with Gasteiger partial charge in [0.25, 0.3) is 0 Å². The number of ether oxygens (including phenoxy) is 2. The van der Waals surface area contributed by atoms with Crippen LogP contribution in [0.15, 0.2) is 35.4 Å². The molecule has 4 fully saturated rings. The van der Waals surface area contributed by atoms with Gasteiger partial charge in [0.15, 0.2) is 5.78 Å². The summed E-state index contributed by atoms with van der Waals surface area (Å²) >= 11 is 0. The smallest absolute Gasteiger partial charge is 0.309 e. The molecule has 0 amide bonds. The first-order valence-electron chi connectivity index (χ1n) is 22.8. The van der Waals surface area contributed by atoms with Gasteiger partial charge in [-0.1, -0.05) is 65.8 Å². The van der Waals surface area contributed by atoms with E-state index in [9.17, 15) is 24.3 Å². The van der Waals surface area contributed by atoms with Gasteiger partial charge >= 0.3 is 17.9 Å². The SMILES string of the molecule is CC(=O)O[C@@H](CN(CCN(C)C)Cc1ccccc1C)[C@@]12CC[C@]3(C)[C@H](CC[C@@H]4[C@@]5(C)CC[C@H](OC(=O)CC(C)(C)C(=O)O)[C@H](C)[C@@H]5CC[C@]43C)C1=C(C(C)C)C(=O)C2. The third-order valence-corrected chi connectivity index (χ3v) is 17.3. The summed E-state index contributed by atoms with van der Waals surface area (Å²) in [5, 5.41) is 9.63. The van der Waals surface area contributed by atoms with Crippen molar-refractivity contribution in [3.63, 3.8) is 0 Å². The lowest BCUT2D eigenvalue weighted by atomic mass is 9.33. The minimum Gasteiger partial charge on any atom is -0.481 e. The molecule has 1 N–H and O–H groups in total. The Morgan fingerprint density at radius 2 is 1.64 bits per heavy atom. The minimum absolute atomic E-state index is 0.0301. The number of esters is 2. The molecule has 9 nitrogen and oxygen atoms in total. The number of aliphatic carboxylic acids is 1. The van der Waals surface area contributed by atoms with Crippen molar-refractivity contribution in [1.82, 2.24) is 9.80 Å². The van der Waals surface area contributed by atoms with Gasteiger partial charge in [0.1, 0.15) is 12.2 Å². The number of Topliss-reactive ketones (excluding diaryl/α,β-unsaturated/α-hetero) is 1. The van der Waals surface area contributed by atoms with Gasteiger partial charge in [0.2, 0.25) is 0 Å². The van der Waals surface area contributed by atoms with Gasteiger partial charge in [-0.15, -0.1) is 0 Å². The normalized spacial score (nSPS) is 34.9. The molecule has 5 aliphatic rings.